The second-order valence-corrected chi connectivity index (χ2v) is 7.29. The number of benzene rings is 1. The summed E-state index contributed by atoms with van der Waals surface area (Å²) in [5.41, 5.74) is 1.65. The van der Waals surface area contributed by atoms with Crippen molar-refractivity contribution in [2.24, 2.45) is 0 Å². The van der Waals surface area contributed by atoms with Crippen LogP contribution in [0.5, 0.6) is 0 Å². The summed E-state index contributed by atoms with van der Waals surface area (Å²) in [5, 5.41) is 16.8. The van der Waals surface area contributed by atoms with Gasteiger partial charge in [0.1, 0.15) is 11.0 Å². The van der Waals surface area contributed by atoms with Crippen LogP contribution in [0.3, 0.4) is 0 Å². The molecule has 0 atom stereocenters. The zero-order chi connectivity index (χ0) is 19.0. The summed E-state index contributed by atoms with van der Waals surface area (Å²) < 4.78 is 60.8. The summed E-state index contributed by atoms with van der Waals surface area (Å²) in [6, 6.07) is 7.66. The number of hydrogen-bond acceptors (Lipinski definition) is 4. The quantitative estimate of drug-likeness (QED) is 0.355. The molecule has 0 radical (unpaired) electrons. The third-order valence-electron chi connectivity index (χ3n) is 2.89. The molecule has 0 fully saturated rings. The number of halogens is 6. The van der Waals surface area contributed by atoms with E-state index in [1.54, 1.807) is 14.5 Å². The van der Waals surface area contributed by atoms with E-state index in [4.69, 9.17) is 5.11 Å². The number of rotatable bonds is 3. The van der Waals surface area contributed by atoms with E-state index < -0.39 is 13.8 Å². The number of para-hydroxylation sites is 1. The van der Waals surface area contributed by atoms with Crippen LogP contribution in [-0.2, 0) is 5.97 Å². The molecule has 0 aliphatic carbocycles. The molecular formula is C11H18F6N5OP. The summed E-state index contributed by atoms with van der Waals surface area (Å²) in [5.74, 6) is -1.09. The Morgan fingerprint density at radius 3 is 1.79 bits per heavy atom. The van der Waals surface area contributed by atoms with Crippen molar-refractivity contribution in [1.82, 2.24) is 24.8 Å². The Hall–Kier alpha value is -1.49. The number of fused-ring (bicyclic) bond motifs is 1. The Kier molecular flexibility index (Phi) is 4.72. The van der Waals surface area contributed by atoms with Crippen LogP contribution in [0.25, 0.3) is 11.0 Å². The first kappa shape index (κ1) is 20.6. The first-order valence-corrected chi connectivity index (χ1v) is 8.43. The van der Waals surface area contributed by atoms with E-state index in [2.05, 4.69) is 10.3 Å². The molecule has 2 N–H and O–H groups in total. The van der Waals surface area contributed by atoms with E-state index in [-0.39, 0.29) is 0 Å². The van der Waals surface area contributed by atoms with E-state index in [9.17, 15) is 25.2 Å². The molecule has 0 spiro atoms. The topological polar surface area (TPSA) is 60.1 Å². The van der Waals surface area contributed by atoms with Gasteiger partial charge in [0, 0.05) is 0 Å². The van der Waals surface area contributed by atoms with E-state index >= 15 is 0 Å². The van der Waals surface area contributed by atoms with Gasteiger partial charge in [-0.05, 0) is 40.3 Å². The summed E-state index contributed by atoms with van der Waals surface area (Å²) in [6.45, 7) is 0. The molecule has 13 heteroatoms. The SMILES string of the molecule is CN(C)C([OH2+])(N(C)C)n1nnc2ccccc21.F[P-](F)(F)(F)(F)F. The fourth-order valence-corrected chi connectivity index (χ4v) is 1.88. The molecule has 0 saturated carbocycles. The van der Waals surface area contributed by atoms with Gasteiger partial charge in [-0.2, -0.15) is 0 Å². The zero-order valence-electron chi connectivity index (χ0n) is 13.3. The van der Waals surface area contributed by atoms with E-state index in [0.717, 1.165) is 11.0 Å². The molecule has 0 aliphatic heterocycles. The molecule has 24 heavy (non-hydrogen) atoms. The minimum atomic E-state index is -10.7. The maximum atomic E-state index is 9.87. The van der Waals surface area contributed by atoms with Gasteiger partial charge >= 0.3 is 39.0 Å². The van der Waals surface area contributed by atoms with Crippen molar-refractivity contribution in [2.45, 2.75) is 5.97 Å². The fraction of sp³-hybridized carbons (Fsp3) is 0.455. The van der Waals surface area contributed by atoms with Crippen LogP contribution in [0.1, 0.15) is 0 Å². The molecule has 1 aromatic heterocycles. The second kappa shape index (κ2) is 5.51. The number of aromatic nitrogens is 3. The maximum absolute atomic E-state index is 10.7. The number of hydrogen-bond donors (Lipinski definition) is 0. The van der Waals surface area contributed by atoms with Crippen molar-refractivity contribution < 1.29 is 30.3 Å². The van der Waals surface area contributed by atoms with E-state index in [0.29, 0.717) is 0 Å². The molecule has 0 bridgehead atoms. The standard InChI is InChI=1S/C11H17N5O.F6P/c1-14(2)11(17,15(3)4)16-10-8-6-5-7-9(10)12-13-16;1-7(2,3,4,5)6/h5-8,17H,1-4H3;/q;-1/p+1. The Labute approximate surface area is 133 Å². The van der Waals surface area contributed by atoms with Gasteiger partial charge in [0.05, 0.1) is 0 Å². The predicted octanol–water partition coefficient (Wildman–Crippen LogP) is 3.23. The molecule has 0 saturated heterocycles. The van der Waals surface area contributed by atoms with Crippen LogP contribution in [0.2, 0.25) is 0 Å². The van der Waals surface area contributed by atoms with Gasteiger partial charge in [0.2, 0.25) is 0 Å². The average Bonchev–Trinajstić information content (AvgIpc) is 2.77. The van der Waals surface area contributed by atoms with Gasteiger partial charge in [0.25, 0.3) is 0 Å². The monoisotopic (exact) mass is 381 g/mol. The van der Waals surface area contributed by atoms with Gasteiger partial charge in [-0.25, -0.2) is 9.80 Å². The summed E-state index contributed by atoms with van der Waals surface area (Å²) >= 11 is 0. The Morgan fingerprint density at radius 2 is 1.38 bits per heavy atom. The Balaban J connectivity index is 0.000000351. The summed E-state index contributed by atoms with van der Waals surface area (Å²) in [6.07, 6.45) is 0. The normalized spacial score (nSPS) is 15.9. The molecule has 0 amide bonds. The van der Waals surface area contributed by atoms with Gasteiger partial charge in [-0.1, -0.05) is 17.3 Å². The second-order valence-electron chi connectivity index (χ2n) is 5.37. The zero-order valence-corrected chi connectivity index (χ0v) is 14.2. The molecular weight excluding hydrogens is 363 g/mol. The molecule has 0 unspecified atom stereocenters. The average molecular weight is 381 g/mol. The fourth-order valence-electron chi connectivity index (χ4n) is 1.88. The van der Waals surface area contributed by atoms with Crippen LogP contribution in [0.15, 0.2) is 24.3 Å². The van der Waals surface area contributed by atoms with Crippen molar-refractivity contribution in [1.29, 1.82) is 0 Å². The molecule has 0 aliphatic rings. The van der Waals surface area contributed by atoms with Crippen molar-refractivity contribution in [2.75, 3.05) is 28.2 Å². The van der Waals surface area contributed by atoms with Crippen LogP contribution in [-0.4, -0.2) is 58.1 Å². The molecule has 1 aromatic carbocycles. The van der Waals surface area contributed by atoms with Gasteiger partial charge in [-0.15, -0.1) is 9.78 Å². The van der Waals surface area contributed by atoms with Crippen LogP contribution in [0, 0.1) is 0 Å². The Morgan fingerprint density at radius 1 is 0.958 bits per heavy atom. The summed E-state index contributed by atoms with van der Waals surface area (Å²) in [4.78, 5) is 3.57. The van der Waals surface area contributed by atoms with Crippen molar-refractivity contribution in [3.63, 3.8) is 0 Å². The third kappa shape index (κ3) is 5.86. The molecule has 140 valence electrons. The predicted molar refractivity (Wildman–Crippen MR) is 80.1 cm³/mol. The first-order chi connectivity index (χ1) is 10.4. The third-order valence-corrected chi connectivity index (χ3v) is 2.89. The Bertz CT molecular complexity index is 695. The van der Waals surface area contributed by atoms with Crippen molar-refractivity contribution >= 4 is 18.8 Å². The van der Waals surface area contributed by atoms with Crippen LogP contribution in [0.4, 0.5) is 25.2 Å². The molecule has 2 rings (SSSR count). The van der Waals surface area contributed by atoms with Crippen molar-refractivity contribution in [3.8, 4) is 0 Å². The summed E-state index contributed by atoms with van der Waals surface area (Å²) in [7, 11) is -3.25. The molecule has 2 aromatic rings. The molecule has 1 heterocycles. The number of nitrogens with zero attached hydrogens (tertiary/aromatic N) is 5. The van der Waals surface area contributed by atoms with Crippen LogP contribution >= 0.6 is 7.81 Å². The van der Waals surface area contributed by atoms with Gasteiger partial charge in [0.15, 0.2) is 0 Å². The minimum absolute atomic E-state index is 0.799. The van der Waals surface area contributed by atoms with Crippen LogP contribution < -0.4 is 0 Å². The van der Waals surface area contributed by atoms with E-state index in [1.165, 1.54) is 0 Å². The van der Waals surface area contributed by atoms with Gasteiger partial charge < -0.3 is 5.11 Å². The van der Waals surface area contributed by atoms with Crippen molar-refractivity contribution in [3.05, 3.63) is 24.3 Å². The van der Waals surface area contributed by atoms with Gasteiger partial charge in [-0.3, -0.25) is 0 Å². The molecule has 6 nitrogen and oxygen atoms in total. The van der Waals surface area contributed by atoms with E-state index in [1.807, 2.05) is 52.5 Å². The first-order valence-electron chi connectivity index (χ1n) is 6.40.